The minimum absolute atomic E-state index is 0.0116. The predicted molar refractivity (Wildman–Crippen MR) is 168 cm³/mol. The van der Waals surface area contributed by atoms with Crippen molar-refractivity contribution in [3.8, 4) is 5.75 Å². The van der Waals surface area contributed by atoms with E-state index in [0.717, 1.165) is 19.3 Å². The molecule has 9 nitrogen and oxygen atoms in total. The third kappa shape index (κ3) is 15.2. The first-order valence-corrected chi connectivity index (χ1v) is 15.7. The van der Waals surface area contributed by atoms with E-state index in [1.54, 1.807) is 30.3 Å². The van der Waals surface area contributed by atoms with Gasteiger partial charge in [-0.1, -0.05) is 114 Å². The standard InChI is InChI=1S/C34H48N2O7/c1-2-3-4-5-6-7-8-9-10-11-12-13-17-20-31(37)36-29-22-21-27(24-30(29)43-25-32(38)39)35-33(40)28(34(41)42)23-26-18-15-14-16-19-26/h14-16,18-19,21-22,24,28H,2-13,17,20,23,25H2,1H3,(H,35,40)(H,36,37)(H,38,39)(H,41,42). The number of carboxylic acid groups (broad SMARTS) is 2. The van der Waals surface area contributed by atoms with Gasteiger partial charge in [-0.3, -0.25) is 14.4 Å². The molecule has 1 atom stereocenters. The quantitative estimate of drug-likeness (QED) is 0.0771. The van der Waals surface area contributed by atoms with Gasteiger partial charge in [0, 0.05) is 18.2 Å². The highest BCUT2D eigenvalue weighted by molar-refractivity contribution is 6.04. The molecule has 2 amide bonds. The molecule has 236 valence electrons. The average Bonchev–Trinajstić information content (AvgIpc) is 2.98. The van der Waals surface area contributed by atoms with Crippen molar-refractivity contribution in [1.82, 2.24) is 0 Å². The van der Waals surface area contributed by atoms with Gasteiger partial charge >= 0.3 is 11.9 Å². The number of aliphatic carboxylic acids is 2. The van der Waals surface area contributed by atoms with Crippen LogP contribution >= 0.6 is 0 Å². The second-order valence-electron chi connectivity index (χ2n) is 11.0. The van der Waals surface area contributed by atoms with Crippen LogP contribution in [0.15, 0.2) is 48.5 Å². The Hall–Kier alpha value is -3.88. The Morgan fingerprint density at radius 1 is 0.744 bits per heavy atom. The Labute approximate surface area is 255 Å². The Balaban J connectivity index is 1.81. The summed E-state index contributed by atoms with van der Waals surface area (Å²) in [5, 5.41) is 24.0. The lowest BCUT2D eigenvalue weighted by molar-refractivity contribution is -0.145. The minimum atomic E-state index is -1.33. The van der Waals surface area contributed by atoms with Crippen LogP contribution in [0, 0.1) is 5.92 Å². The summed E-state index contributed by atoms with van der Waals surface area (Å²) in [6, 6.07) is 13.2. The van der Waals surface area contributed by atoms with Gasteiger partial charge in [0.25, 0.3) is 0 Å². The van der Waals surface area contributed by atoms with Crippen molar-refractivity contribution < 1.29 is 34.1 Å². The number of amides is 2. The lowest BCUT2D eigenvalue weighted by Crippen LogP contribution is -2.31. The first-order chi connectivity index (χ1) is 20.8. The lowest BCUT2D eigenvalue weighted by atomic mass is 9.98. The lowest BCUT2D eigenvalue weighted by Gasteiger charge is -2.16. The summed E-state index contributed by atoms with van der Waals surface area (Å²) in [6.45, 7) is 1.59. The molecule has 0 radical (unpaired) electrons. The molecular weight excluding hydrogens is 548 g/mol. The number of carbonyl (C=O) groups excluding carboxylic acids is 2. The van der Waals surface area contributed by atoms with Crippen molar-refractivity contribution in [2.75, 3.05) is 17.2 Å². The SMILES string of the molecule is CCCCCCCCCCCCCCCC(=O)Nc1ccc(NC(=O)C(Cc2ccccc2)C(=O)O)cc1OCC(=O)O. The van der Waals surface area contributed by atoms with Crippen LogP contribution in [0.25, 0.3) is 0 Å². The van der Waals surface area contributed by atoms with E-state index in [4.69, 9.17) is 9.84 Å². The Morgan fingerprint density at radius 2 is 1.33 bits per heavy atom. The first kappa shape index (κ1) is 35.3. The number of unbranched alkanes of at least 4 members (excludes halogenated alkanes) is 12. The second-order valence-corrected chi connectivity index (χ2v) is 11.0. The maximum absolute atomic E-state index is 12.8. The largest absolute Gasteiger partial charge is 0.481 e. The molecule has 0 aliphatic rings. The maximum atomic E-state index is 12.8. The van der Waals surface area contributed by atoms with Gasteiger partial charge in [0.1, 0.15) is 11.7 Å². The minimum Gasteiger partial charge on any atom is -0.481 e. The molecule has 1 unspecified atom stereocenters. The van der Waals surface area contributed by atoms with Crippen molar-refractivity contribution in [3.63, 3.8) is 0 Å². The monoisotopic (exact) mass is 596 g/mol. The van der Waals surface area contributed by atoms with E-state index in [1.165, 1.54) is 82.4 Å². The zero-order valence-corrected chi connectivity index (χ0v) is 25.4. The number of hydrogen-bond acceptors (Lipinski definition) is 5. The molecule has 0 heterocycles. The molecule has 2 rings (SSSR count). The molecule has 0 bridgehead atoms. The summed E-state index contributed by atoms with van der Waals surface area (Å²) in [4.78, 5) is 48.3. The third-order valence-corrected chi connectivity index (χ3v) is 7.28. The van der Waals surface area contributed by atoms with E-state index in [9.17, 15) is 24.3 Å². The van der Waals surface area contributed by atoms with Crippen LogP contribution < -0.4 is 15.4 Å². The Morgan fingerprint density at radius 3 is 1.88 bits per heavy atom. The van der Waals surface area contributed by atoms with Crippen molar-refractivity contribution >= 4 is 35.1 Å². The van der Waals surface area contributed by atoms with Crippen LogP contribution in [0.3, 0.4) is 0 Å². The van der Waals surface area contributed by atoms with Crippen LogP contribution in [0.4, 0.5) is 11.4 Å². The Bertz CT molecular complexity index is 1140. The Kier molecular flexibility index (Phi) is 17.2. The molecule has 43 heavy (non-hydrogen) atoms. The molecule has 0 saturated carbocycles. The summed E-state index contributed by atoms with van der Waals surface area (Å²) < 4.78 is 5.37. The molecule has 0 aliphatic carbocycles. The van der Waals surface area contributed by atoms with Crippen molar-refractivity contribution in [2.24, 2.45) is 5.92 Å². The second kappa shape index (κ2) is 20.9. The van der Waals surface area contributed by atoms with E-state index in [2.05, 4.69) is 17.6 Å². The van der Waals surface area contributed by atoms with Gasteiger partial charge in [0.15, 0.2) is 6.61 Å². The number of anilines is 2. The number of rotatable bonds is 23. The molecule has 0 aliphatic heterocycles. The zero-order valence-electron chi connectivity index (χ0n) is 25.4. The highest BCUT2D eigenvalue weighted by Gasteiger charge is 2.27. The van der Waals surface area contributed by atoms with E-state index < -0.39 is 30.4 Å². The maximum Gasteiger partial charge on any atom is 0.341 e. The topological polar surface area (TPSA) is 142 Å². The summed E-state index contributed by atoms with van der Waals surface area (Å²) in [6.07, 6.45) is 16.1. The highest BCUT2D eigenvalue weighted by atomic mass is 16.5. The van der Waals surface area contributed by atoms with Crippen LogP contribution in [-0.4, -0.2) is 40.6 Å². The number of benzene rings is 2. The smallest absolute Gasteiger partial charge is 0.341 e. The van der Waals surface area contributed by atoms with Crippen LogP contribution in [0.1, 0.15) is 102 Å². The number of ether oxygens (including phenoxy) is 1. The van der Waals surface area contributed by atoms with Crippen molar-refractivity contribution in [3.05, 3.63) is 54.1 Å². The molecular formula is C34H48N2O7. The van der Waals surface area contributed by atoms with Gasteiger partial charge in [0.2, 0.25) is 11.8 Å². The summed E-state index contributed by atoms with van der Waals surface area (Å²) in [7, 11) is 0. The van der Waals surface area contributed by atoms with Crippen LogP contribution in [-0.2, 0) is 25.6 Å². The van der Waals surface area contributed by atoms with E-state index in [0.29, 0.717) is 12.0 Å². The van der Waals surface area contributed by atoms with Gasteiger partial charge in [-0.15, -0.1) is 0 Å². The highest BCUT2D eigenvalue weighted by Crippen LogP contribution is 2.29. The molecule has 2 aromatic carbocycles. The third-order valence-electron chi connectivity index (χ3n) is 7.28. The zero-order chi connectivity index (χ0) is 31.3. The van der Waals surface area contributed by atoms with Crippen LogP contribution in [0.5, 0.6) is 5.75 Å². The van der Waals surface area contributed by atoms with Gasteiger partial charge in [-0.2, -0.15) is 0 Å². The van der Waals surface area contributed by atoms with E-state index >= 15 is 0 Å². The number of nitrogens with one attached hydrogen (secondary N) is 2. The van der Waals surface area contributed by atoms with Gasteiger partial charge in [-0.05, 0) is 30.5 Å². The molecule has 0 fully saturated rings. The van der Waals surface area contributed by atoms with Crippen molar-refractivity contribution in [2.45, 2.75) is 103 Å². The van der Waals surface area contributed by atoms with Gasteiger partial charge in [-0.25, -0.2) is 4.79 Å². The average molecular weight is 597 g/mol. The first-order valence-electron chi connectivity index (χ1n) is 15.7. The fourth-order valence-electron chi connectivity index (χ4n) is 4.85. The van der Waals surface area contributed by atoms with Crippen molar-refractivity contribution in [1.29, 1.82) is 0 Å². The van der Waals surface area contributed by atoms with Crippen LogP contribution in [0.2, 0.25) is 0 Å². The molecule has 4 N–H and O–H groups in total. The van der Waals surface area contributed by atoms with Gasteiger partial charge in [0.05, 0.1) is 5.69 Å². The molecule has 0 saturated heterocycles. The number of carbonyl (C=O) groups is 4. The summed E-state index contributed by atoms with van der Waals surface area (Å²) in [5.74, 6) is -4.67. The predicted octanol–water partition coefficient (Wildman–Crippen LogP) is 7.45. The van der Waals surface area contributed by atoms with E-state index in [-0.39, 0.29) is 29.5 Å². The van der Waals surface area contributed by atoms with E-state index in [1.807, 2.05) is 0 Å². The number of hydrogen-bond donors (Lipinski definition) is 4. The molecule has 2 aromatic rings. The molecule has 0 aromatic heterocycles. The number of carboxylic acids is 2. The van der Waals surface area contributed by atoms with Gasteiger partial charge < -0.3 is 25.6 Å². The molecule has 0 spiro atoms. The summed E-state index contributed by atoms with van der Waals surface area (Å²) in [5.41, 5.74) is 1.20. The normalized spacial score (nSPS) is 11.5. The fourth-order valence-corrected chi connectivity index (χ4v) is 4.85. The summed E-state index contributed by atoms with van der Waals surface area (Å²) >= 11 is 0. The molecule has 9 heteroatoms. The fraction of sp³-hybridized carbons (Fsp3) is 0.529.